The molecule has 2 amide bonds. The lowest BCUT2D eigenvalue weighted by atomic mass is 10.2. The van der Waals surface area contributed by atoms with Crippen molar-refractivity contribution in [2.75, 3.05) is 5.75 Å². The van der Waals surface area contributed by atoms with Crippen LogP contribution in [0.1, 0.15) is 46.0 Å². The minimum atomic E-state index is -3.53. The highest BCUT2D eigenvalue weighted by molar-refractivity contribution is 7.92. The maximum atomic E-state index is 12.5. The normalized spacial score (nSPS) is 12.9. The van der Waals surface area contributed by atoms with Gasteiger partial charge in [-0.2, -0.15) is 0 Å². The van der Waals surface area contributed by atoms with E-state index in [1.54, 1.807) is 0 Å². The predicted octanol–water partition coefficient (Wildman–Crippen LogP) is 1.73. The number of carbonyl (C=O) groups excluding carboxylic acids is 2. The number of hydrogen-bond donors (Lipinski definition) is 3. The second-order valence-electron chi connectivity index (χ2n) is 6.31. The molecule has 1 aromatic heterocycles. The fourth-order valence-corrected chi connectivity index (χ4v) is 5.73. The lowest BCUT2D eigenvalue weighted by molar-refractivity contribution is -0.131. The number of nitrogens with one attached hydrogen (secondary N) is 1. The fraction of sp³-hybridized carbons (Fsp3) is 0.688. The van der Waals surface area contributed by atoms with E-state index in [1.807, 2.05) is 13.8 Å². The van der Waals surface area contributed by atoms with Gasteiger partial charge in [0.25, 0.3) is 0 Å². The van der Waals surface area contributed by atoms with Gasteiger partial charge in [-0.25, -0.2) is 8.42 Å². The van der Waals surface area contributed by atoms with Gasteiger partial charge in [-0.15, -0.1) is 11.3 Å². The summed E-state index contributed by atoms with van der Waals surface area (Å²) in [6.07, 6.45) is 2.39. The predicted molar refractivity (Wildman–Crippen MR) is 108 cm³/mol. The van der Waals surface area contributed by atoms with Crippen molar-refractivity contribution >= 4 is 45.2 Å². The Balaban J connectivity index is 2.60. The van der Waals surface area contributed by atoms with Crippen molar-refractivity contribution in [3.8, 4) is 5.88 Å². The Labute approximate surface area is 168 Å². The number of thiazole rings is 1. The highest BCUT2D eigenvalue weighted by atomic mass is 32.2. The summed E-state index contributed by atoms with van der Waals surface area (Å²) in [6, 6.07) is -1.31. The minimum Gasteiger partial charge on any atom is -0.494 e. The molecule has 1 atom stereocenters. The van der Waals surface area contributed by atoms with Crippen LogP contribution in [0.4, 0.5) is 0 Å². The summed E-state index contributed by atoms with van der Waals surface area (Å²) in [5.41, 5.74) is 5.72. The standard InChI is InChI=1S/C16H27N3O5S3/c1-3-5-11(6-4-2)27(23,24)10-12(17)15(22)18-13(20)7-8-19-14(21)9-26-16(19)25/h9,11-12,21H,3-8,10,17H2,1-2H3,(H,18,20,22)/t12-/m0/s1. The summed E-state index contributed by atoms with van der Waals surface area (Å²) in [4.78, 5) is 24.0. The zero-order valence-electron chi connectivity index (χ0n) is 15.5. The highest BCUT2D eigenvalue weighted by Gasteiger charge is 2.29. The van der Waals surface area contributed by atoms with E-state index >= 15 is 0 Å². The Morgan fingerprint density at radius 2 is 1.93 bits per heavy atom. The number of aromatic nitrogens is 1. The largest absolute Gasteiger partial charge is 0.494 e. The molecule has 8 nitrogen and oxygen atoms in total. The van der Waals surface area contributed by atoms with Crippen LogP contribution in [0.25, 0.3) is 0 Å². The summed E-state index contributed by atoms with van der Waals surface area (Å²) in [5.74, 6) is -1.98. The SMILES string of the molecule is CCCC(CCC)S(=O)(=O)C[C@H](N)C(=O)NC(=O)CCn1c(O)csc1=S. The van der Waals surface area contributed by atoms with Crippen LogP contribution >= 0.6 is 23.6 Å². The molecule has 154 valence electrons. The Morgan fingerprint density at radius 3 is 2.41 bits per heavy atom. The van der Waals surface area contributed by atoms with E-state index in [9.17, 15) is 23.1 Å². The molecule has 0 aliphatic rings. The van der Waals surface area contributed by atoms with Gasteiger partial charge in [-0.1, -0.05) is 26.7 Å². The van der Waals surface area contributed by atoms with Crippen molar-refractivity contribution in [1.29, 1.82) is 0 Å². The average molecular weight is 438 g/mol. The zero-order valence-corrected chi connectivity index (χ0v) is 18.0. The van der Waals surface area contributed by atoms with Gasteiger partial charge in [-0.3, -0.25) is 19.5 Å². The molecule has 4 N–H and O–H groups in total. The highest BCUT2D eigenvalue weighted by Crippen LogP contribution is 2.18. The molecular weight excluding hydrogens is 410 g/mol. The van der Waals surface area contributed by atoms with Crippen LogP contribution in [-0.2, 0) is 26.0 Å². The van der Waals surface area contributed by atoms with Gasteiger partial charge in [0.05, 0.1) is 22.4 Å². The minimum absolute atomic E-state index is 0.0511. The van der Waals surface area contributed by atoms with Crippen LogP contribution < -0.4 is 11.1 Å². The van der Waals surface area contributed by atoms with Gasteiger partial charge in [-0.05, 0) is 25.1 Å². The molecule has 0 spiro atoms. The molecule has 11 heteroatoms. The second kappa shape index (κ2) is 10.9. The van der Waals surface area contributed by atoms with E-state index in [4.69, 9.17) is 18.0 Å². The Kier molecular flexibility index (Phi) is 9.57. The molecule has 0 aromatic carbocycles. The summed E-state index contributed by atoms with van der Waals surface area (Å²) in [5, 5.41) is 12.6. The third-order valence-corrected chi connectivity index (χ3v) is 7.64. The number of nitrogens with zero attached hydrogens (tertiary/aromatic N) is 1. The van der Waals surface area contributed by atoms with Crippen molar-refractivity contribution in [1.82, 2.24) is 9.88 Å². The third kappa shape index (κ3) is 7.32. The van der Waals surface area contributed by atoms with Gasteiger partial charge in [0.15, 0.2) is 13.8 Å². The molecule has 0 radical (unpaired) electrons. The number of imide groups is 1. The summed E-state index contributed by atoms with van der Waals surface area (Å²) in [6.45, 7) is 3.91. The lowest BCUT2D eigenvalue weighted by Crippen LogP contribution is -2.48. The van der Waals surface area contributed by atoms with Crippen LogP contribution in [0, 0.1) is 3.95 Å². The number of carbonyl (C=O) groups is 2. The van der Waals surface area contributed by atoms with Crippen molar-refractivity contribution in [2.45, 2.75) is 63.8 Å². The number of sulfone groups is 1. The van der Waals surface area contributed by atoms with Crippen LogP contribution in [0.5, 0.6) is 5.88 Å². The van der Waals surface area contributed by atoms with Crippen LogP contribution in [0.3, 0.4) is 0 Å². The van der Waals surface area contributed by atoms with Crippen LogP contribution in [-0.4, -0.2) is 47.0 Å². The topological polar surface area (TPSA) is 131 Å². The molecule has 0 fully saturated rings. The quantitative estimate of drug-likeness (QED) is 0.449. The molecule has 0 aliphatic heterocycles. The second-order valence-corrected chi connectivity index (χ2v) is 10.1. The molecule has 0 aliphatic carbocycles. The van der Waals surface area contributed by atoms with Gasteiger partial charge >= 0.3 is 0 Å². The van der Waals surface area contributed by atoms with Crippen LogP contribution in [0.2, 0.25) is 0 Å². The first kappa shape index (κ1) is 23.7. The Bertz CT molecular complexity index is 794. The molecule has 0 saturated carbocycles. The molecule has 27 heavy (non-hydrogen) atoms. The summed E-state index contributed by atoms with van der Waals surface area (Å²) in [7, 11) is -3.53. The summed E-state index contributed by atoms with van der Waals surface area (Å²) >= 11 is 6.18. The molecule has 0 bridgehead atoms. The van der Waals surface area contributed by atoms with E-state index in [0.29, 0.717) is 16.8 Å². The first-order valence-corrected chi connectivity index (χ1v) is 11.8. The van der Waals surface area contributed by atoms with E-state index < -0.39 is 38.7 Å². The molecule has 1 rings (SSSR count). The first-order valence-electron chi connectivity index (χ1n) is 8.80. The third-order valence-electron chi connectivity index (χ3n) is 4.06. The Hall–Kier alpha value is -1.30. The first-order chi connectivity index (χ1) is 12.6. The zero-order chi connectivity index (χ0) is 20.6. The van der Waals surface area contributed by atoms with E-state index in [0.717, 1.165) is 24.2 Å². The van der Waals surface area contributed by atoms with E-state index in [1.165, 1.54) is 9.95 Å². The van der Waals surface area contributed by atoms with Crippen molar-refractivity contribution in [2.24, 2.45) is 5.73 Å². The average Bonchev–Trinajstić information content (AvgIpc) is 2.90. The lowest BCUT2D eigenvalue weighted by Gasteiger charge is -2.19. The van der Waals surface area contributed by atoms with Gasteiger partial charge < -0.3 is 10.8 Å². The molecule has 1 heterocycles. The van der Waals surface area contributed by atoms with Crippen molar-refractivity contribution in [3.05, 3.63) is 9.33 Å². The summed E-state index contributed by atoms with van der Waals surface area (Å²) < 4.78 is 26.7. The molecule has 0 unspecified atom stereocenters. The van der Waals surface area contributed by atoms with Gasteiger partial charge in [0, 0.05) is 13.0 Å². The maximum absolute atomic E-state index is 12.5. The fourth-order valence-electron chi connectivity index (χ4n) is 2.65. The van der Waals surface area contributed by atoms with E-state index in [2.05, 4.69) is 5.32 Å². The Morgan fingerprint density at radius 1 is 1.33 bits per heavy atom. The molecule has 1 aromatic rings. The molecule has 0 saturated heterocycles. The maximum Gasteiger partial charge on any atom is 0.244 e. The van der Waals surface area contributed by atoms with Gasteiger partial charge in [0.2, 0.25) is 17.7 Å². The van der Waals surface area contributed by atoms with E-state index in [-0.39, 0.29) is 18.8 Å². The number of nitrogens with two attached hydrogens (primary N) is 1. The monoisotopic (exact) mass is 437 g/mol. The van der Waals surface area contributed by atoms with Crippen molar-refractivity contribution in [3.63, 3.8) is 0 Å². The molecular formula is C16H27N3O5S3. The van der Waals surface area contributed by atoms with Crippen molar-refractivity contribution < 1.29 is 23.1 Å². The number of amides is 2. The number of hydrogen-bond acceptors (Lipinski definition) is 8. The smallest absolute Gasteiger partial charge is 0.244 e. The number of rotatable bonds is 11. The van der Waals surface area contributed by atoms with Crippen LogP contribution in [0.15, 0.2) is 5.38 Å². The number of aromatic hydroxyl groups is 1. The van der Waals surface area contributed by atoms with Gasteiger partial charge in [0.1, 0.15) is 0 Å².